The van der Waals surface area contributed by atoms with Crippen LogP contribution < -0.4 is 0 Å². The molecule has 2 atom stereocenters. The van der Waals surface area contributed by atoms with Gasteiger partial charge >= 0.3 is 0 Å². The van der Waals surface area contributed by atoms with Gasteiger partial charge in [0.05, 0.1) is 11.2 Å². The lowest BCUT2D eigenvalue weighted by atomic mass is 10.0. The van der Waals surface area contributed by atoms with E-state index >= 15 is 0 Å². The molecule has 0 radical (unpaired) electrons. The van der Waals surface area contributed by atoms with Gasteiger partial charge in [0.15, 0.2) is 0 Å². The summed E-state index contributed by atoms with van der Waals surface area (Å²) in [5.74, 6) is 4.68. The van der Waals surface area contributed by atoms with Crippen LogP contribution in [0.4, 0.5) is 4.39 Å². The number of carbonyl (C=O) groups is 1. The van der Waals surface area contributed by atoms with Crippen LogP contribution in [0.1, 0.15) is 24.0 Å². The lowest BCUT2D eigenvalue weighted by Gasteiger charge is -2.13. The van der Waals surface area contributed by atoms with E-state index in [9.17, 15) is 19.4 Å². The Balaban J connectivity index is 1.76. The van der Waals surface area contributed by atoms with Gasteiger partial charge in [0.2, 0.25) is 11.9 Å². The van der Waals surface area contributed by atoms with Gasteiger partial charge in [0.25, 0.3) is 5.91 Å². The summed E-state index contributed by atoms with van der Waals surface area (Å²) >= 11 is 0. The first-order valence-corrected chi connectivity index (χ1v) is 9.33. The summed E-state index contributed by atoms with van der Waals surface area (Å²) in [6.07, 6.45) is -1.05. The average Bonchev–Trinajstić information content (AvgIpc) is 3.25. The number of nitrogens with zero attached hydrogens (tertiary/aromatic N) is 3. The van der Waals surface area contributed by atoms with Crippen molar-refractivity contribution in [1.29, 1.82) is 0 Å². The molecular weight excluding hydrogens is 389 g/mol. The standard InChI is InChI=1S/C22H20FN3O4/c1-25-11-10-22(29,21(25)28)9-8-14-4-3-5-16(12-14)26-18-7-6-15(23)13-17(18)19(24-26)20(27)30-2/h3-7,12-13,20,27,29H,10-11H2,1-2H3/t20?,22-/m0/s1. The molecule has 0 bridgehead atoms. The Morgan fingerprint density at radius 1 is 1.30 bits per heavy atom. The monoisotopic (exact) mass is 409 g/mol. The molecular formula is C22H20FN3O4. The molecule has 1 aliphatic rings. The van der Waals surface area contributed by atoms with E-state index in [4.69, 9.17) is 4.74 Å². The SMILES string of the molecule is COC(O)c1nn(-c2cccc(C#C[C@]3(O)CCN(C)C3=O)c2)c2ccc(F)cc12. The highest BCUT2D eigenvalue weighted by Crippen LogP contribution is 2.28. The number of aliphatic hydroxyl groups excluding tert-OH is 1. The molecule has 2 heterocycles. The van der Waals surface area contributed by atoms with Gasteiger partial charge in [-0.2, -0.15) is 5.10 Å². The van der Waals surface area contributed by atoms with Gasteiger partial charge in [-0.3, -0.25) is 4.79 Å². The number of benzene rings is 2. The molecule has 1 unspecified atom stereocenters. The predicted molar refractivity (Wildman–Crippen MR) is 107 cm³/mol. The van der Waals surface area contributed by atoms with Crippen LogP contribution in [0.25, 0.3) is 16.6 Å². The third kappa shape index (κ3) is 3.44. The number of fused-ring (bicyclic) bond motifs is 1. The van der Waals surface area contributed by atoms with E-state index < -0.39 is 23.6 Å². The molecule has 7 nitrogen and oxygen atoms in total. The highest BCUT2D eigenvalue weighted by atomic mass is 19.1. The molecule has 4 rings (SSSR count). The molecule has 0 aliphatic carbocycles. The maximum atomic E-state index is 13.8. The number of rotatable bonds is 3. The molecule has 1 aromatic heterocycles. The van der Waals surface area contributed by atoms with Crippen LogP contribution in [0.3, 0.4) is 0 Å². The van der Waals surface area contributed by atoms with Crippen molar-refractivity contribution in [2.45, 2.75) is 18.3 Å². The van der Waals surface area contributed by atoms with Crippen LogP contribution in [-0.4, -0.2) is 57.1 Å². The molecule has 1 amide bonds. The van der Waals surface area contributed by atoms with Gasteiger partial charge in [-0.25, -0.2) is 9.07 Å². The van der Waals surface area contributed by atoms with Gasteiger partial charge in [-0.15, -0.1) is 0 Å². The minimum Gasteiger partial charge on any atom is -0.369 e. The van der Waals surface area contributed by atoms with Gasteiger partial charge in [-0.1, -0.05) is 17.9 Å². The summed E-state index contributed by atoms with van der Waals surface area (Å²) in [6.45, 7) is 0.449. The summed E-state index contributed by atoms with van der Waals surface area (Å²) in [6, 6.07) is 11.2. The largest absolute Gasteiger partial charge is 0.369 e. The molecule has 0 saturated carbocycles. The number of carbonyl (C=O) groups excluding carboxylic acids is 1. The lowest BCUT2D eigenvalue weighted by molar-refractivity contribution is -0.137. The van der Waals surface area contributed by atoms with Crippen molar-refractivity contribution in [3.63, 3.8) is 0 Å². The molecule has 3 aromatic rings. The predicted octanol–water partition coefficient (Wildman–Crippen LogP) is 1.75. The average molecular weight is 409 g/mol. The summed E-state index contributed by atoms with van der Waals surface area (Å²) in [5.41, 5.74) is 0.282. The first-order valence-electron chi connectivity index (χ1n) is 9.33. The van der Waals surface area contributed by atoms with E-state index in [-0.39, 0.29) is 12.1 Å². The van der Waals surface area contributed by atoms with Gasteiger partial charge in [-0.05, 0) is 36.4 Å². The number of aromatic nitrogens is 2. The first-order chi connectivity index (χ1) is 14.3. The number of methoxy groups -OCH3 is 1. The number of ether oxygens (including phenoxy) is 1. The minimum absolute atomic E-state index is 0.192. The quantitative estimate of drug-likeness (QED) is 0.508. The van der Waals surface area contributed by atoms with Crippen LogP contribution in [0.5, 0.6) is 0 Å². The van der Waals surface area contributed by atoms with Gasteiger partial charge in [0.1, 0.15) is 11.5 Å². The third-order valence-electron chi connectivity index (χ3n) is 5.14. The Bertz CT molecular complexity index is 1200. The highest BCUT2D eigenvalue weighted by Gasteiger charge is 2.42. The number of halogens is 1. The zero-order chi connectivity index (χ0) is 21.5. The maximum Gasteiger partial charge on any atom is 0.267 e. The molecule has 2 N–H and O–H groups in total. The Kier molecular flexibility index (Phi) is 5.03. The topological polar surface area (TPSA) is 87.8 Å². The van der Waals surface area contributed by atoms with Crippen molar-refractivity contribution in [3.05, 3.63) is 59.5 Å². The second-order valence-electron chi connectivity index (χ2n) is 7.18. The molecule has 154 valence electrons. The van der Waals surface area contributed by atoms with E-state index in [0.29, 0.717) is 28.7 Å². The van der Waals surface area contributed by atoms with Crippen molar-refractivity contribution in [2.75, 3.05) is 20.7 Å². The number of aliphatic hydroxyl groups is 2. The first kappa shape index (κ1) is 20.0. The fourth-order valence-electron chi connectivity index (χ4n) is 3.47. The number of amides is 1. The Morgan fingerprint density at radius 2 is 2.10 bits per heavy atom. The van der Waals surface area contributed by atoms with Crippen molar-refractivity contribution in [3.8, 4) is 17.5 Å². The highest BCUT2D eigenvalue weighted by molar-refractivity contribution is 5.90. The normalized spacial score (nSPS) is 19.8. The number of hydrogen-bond acceptors (Lipinski definition) is 5. The molecule has 1 fully saturated rings. The minimum atomic E-state index is -1.68. The van der Waals surface area contributed by atoms with Crippen LogP contribution in [0.2, 0.25) is 0 Å². The Morgan fingerprint density at radius 3 is 2.80 bits per heavy atom. The van der Waals surface area contributed by atoms with Gasteiger partial charge in [0, 0.05) is 38.1 Å². The lowest BCUT2D eigenvalue weighted by Crippen LogP contribution is -2.37. The Labute approximate surface area is 172 Å². The number of likely N-dealkylation sites (tertiary alicyclic amines) is 1. The van der Waals surface area contributed by atoms with Crippen molar-refractivity contribution >= 4 is 16.8 Å². The smallest absolute Gasteiger partial charge is 0.267 e. The Hall–Kier alpha value is -3.25. The fourth-order valence-corrected chi connectivity index (χ4v) is 3.47. The van der Waals surface area contributed by atoms with E-state index in [2.05, 4.69) is 16.9 Å². The van der Waals surface area contributed by atoms with Crippen molar-refractivity contribution in [2.24, 2.45) is 0 Å². The van der Waals surface area contributed by atoms with Crippen LogP contribution >= 0.6 is 0 Å². The molecule has 0 spiro atoms. The van der Waals surface area contributed by atoms with E-state index in [1.807, 2.05) is 0 Å². The number of hydrogen-bond donors (Lipinski definition) is 2. The fraction of sp³-hybridized carbons (Fsp3) is 0.273. The molecule has 1 aliphatic heterocycles. The summed E-state index contributed by atoms with van der Waals surface area (Å²) < 4.78 is 20.3. The van der Waals surface area contributed by atoms with E-state index in [0.717, 1.165) is 0 Å². The maximum absolute atomic E-state index is 13.8. The second-order valence-corrected chi connectivity index (χ2v) is 7.18. The molecule has 8 heteroatoms. The van der Waals surface area contributed by atoms with E-state index in [1.54, 1.807) is 42.1 Å². The van der Waals surface area contributed by atoms with Crippen LogP contribution in [0.15, 0.2) is 42.5 Å². The second kappa shape index (κ2) is 7.54. The van der Waals surface area contributed by atoms with Crippen molar-refractivity contribution < 1.29 is 24.1 Å². The summed E-state index contributed by atoms with van der Waals surface area (Å²) in [4.78, 5) is 13.5. The van der Waals surface area contributed by atoms with Crippen molar-refractivity contribution in [1.82, 2.24) is 14.7 Å². The zero-order valence-electron chi connectivity index (χ0n) is 16.5. The molecule has 2 aromatic carbocycles. The summed E-state index contributed by atoms with van der Waals surface area (Å²) in [7, 11) is 2.96. The van der Waals surface area contributed by atoms with Gasteiger partial charge < -0.3 is 19.8 Å². The zero-order valence-corrected chi connectivity index (χ0v) is 16.5. The van der Waals surface area contributed by atoms with Crippen LogP contribution in [-0.2, 0) is 9.53 Å². The third-order valence-corrected chi connectivity index (χ3v) is 5.14. The van der Waals surface area contributed by atoms with E-state index in [1.165, 1.54) is 24.1 Å². The number of likely N-dealkylation sites (N-methyl/N-ethyl adjacent to an activating group) is 1. The molecule has 30 heavy (non-hydrogen) atoms. The van der Waals surface area contributed by atoms with Crippen LogP contribution in [0, 0.1) is 17.7 Å². The summed E-state index contributed by atoms with van der Waals surface area (Å²) in [5, 5.41) is 25.4. The molecule has 1 saturated heterocycles.